The van der Waals surface area contributed by atoms with Crippen LogP contribution in [0.15, 0.2) is 49.3 Å². The quantitative estimate of drug-likeness (QED) is 0.278. The van der Waals surface area contributed by atoms with Crippen LogP contribution < -0.4 is 10.2 Å². The molecule has 7 rings (SSSR count). The molecule has 3 aliphatic rings. The van der Waals surface area contributed by atoms with Gasteiger partial charge in [0.2, 0.25) is 0 Å². The number of aliphatic hydroxyl groups excluding tert-OH is 1. The van der Waals surface area contributed by atoms with Crippen molar-refractivity contribution < 1.29 is 13.5 Å². The van der Waals surface area contributed by atoms with Crippen molar-refractivity contribution in [3.63, 3.8) is 0 Å². The van der Waals surface area contributed by atoms with Gasteiger partial charge in [-0.1, -0.05) is 18.8 Å². The summed E-state index contributed by atoms with van der Waals surface area (Å²) < 4.78 is 28.2. The molecule has 0 radical (unpaired) electrons. The highest BCUT2D eigenvalue weighted by atomic mass is 32.2. The van der Waals surface area contributed by atoms with Crippen molar-refractivity contribution in [2.45, 2.75) is 43.9 Å². The molecule has 0 atom stereocenters. The van der Waals surface area contributed by atoms with Crippen molar-refractivity contribution in [2.75, 3.05) is 50.1 Å². The third kappa shape index (κ3) is 6.15. The molecule has 13 nitrogen and oxygen atoms in total. The Hall–Kier alpha value is -4.32. The van der Waals surface area contributed by atoms with Crippen molar-refractivity contribution in [3.05, 3.63) is 60.4 Å². The lowest BCUT2D eigenvalue weighted by atomic mass is 9.81. The number of rotatable bonds is 8. The van der Waals surface area contributed by atoms with Crippen molar-refractivity contribution >= 4 is 27.3 Å². The van der Waals surface area contributed by atoms with Crippen molar-refractivity contribution in [3.8, 4) is 23.2 Å². The summed E-state index contributed by atoms with van der Waals surface area (Å²) in [6.45, 7) is 5.83. The maximum atomic E-state index is 12.6. The predicted molar refractivity (Wildman–Crippen MR) is 169 cm³/mol. The second kappa shape index (κ2) is 11.6. The zero-order chi connectivity index (χ0) is 31.2. The van der Waals surface area contributed by atoms with E-state index in [0.29, 0.717) is 41.9 Å². The van der Waals surface area contributed by atoms with Crippen LogP contribution in [-0.2, 0) is 10.0 Å². The van der Waals surface area contributed by atoms with Crippen LogP contribution in [0.25, 0.3) is 11.4 Å². The fourth-order valence-electron chi connectivity index (χ4n) is 5.67. The Kier molecular flexibility index (Phi) is 7.55. The number of nitrogens with one attached hydrogen (secondary N) is 1. The molecule has 234 valence electrons. The Morgan fingerprint density at radius 3 is 2.58 bits per heavy atom. The highest BCUT2D eigenvalue weighted by Crippen LogP contribution is 2.35. The Balaban J connectivity index is 1.14. The molecule has 45 heavy (non-hydrogen) atoms. The highest BCUT2D eigenvalue weighted by Gasteiger charge is 2.38. The number of likely N-dealkylation sites (N-methyl/N-ethyl adjacent to an activating group) is 1. The number of pyridine rings is 1. The summed E-state index contributed by atoms with van der Waals surface area (Å²) in [6.07, 6.45) is 13.2. The fourth-order valence-corrected chi connectivity index (χ4v) is 7.14. The van der Waals surface area contributed by atoms with Crippen molar-refractivity contribution in [1.29, 1.82) is 0 Å². The van der Waals surface area contributed by atoms with Crippen LogP contribution in [0.3, 0.4) is 0 Å². The van der Waals surface area contributed by atoms with Crippen LogP contribution in [0.4, 0.5) is 17.3 Å². The van der Waals surface area contributed by atoms with Crippen LogP contribution in [0, 0.1) is 17.3 Å². The molecule has 0 unspecified atom stereocenters. The zero-order valence-electron chi connectivity index (χ0n) is 25.3. The van der Waals surface area contributed by atoms with Gasteiger partial charge in [-0.3, -0.25) is 4.68 Å². The second-order valence-electron chi connectivity index (χ2n) is 12.6. The number of likely N-dealkylation sites (tertiary alicyclic amines) is 1. The lowest BCUT2D eigenvalue weighted by Crippen LogP contribution is -2.45. The van der Waals surface area contributed by atoms with E-state index in [1.807, 2.05) is 16.9 Å². The third-order valence-corrected chi connectivity index (χ3v) is 10.9. The topological polar surface area (TPSA) is 147 Å². The molecule has 0 spiro atoms. The number of aromatic nitrogens is 7. The zero-order valence-corrected chi connectivity index (χ0v) is 26.2. The number of hydrogen-bond donors (Lipinski definition) is 2. The van der Waals surface area contributed by atoms with Crippen molar-refractivity contribution in [2.24, 2.45) is 5.41 Å². The lowest BCUT2D eigenvalue weighted by molar-refractivity contribution is 0.115. The standard InChI is InChI=1S/C31H36N10O3S/c1-31(21-42)8-11-39(12-9-31)27-13-29(33-15-23(27)4-3-22-14-34-40(17-22)25-19-38(2)20-25)36-28-7-10-32-30(37-28)24-16-35-41(18-24)45(43,44)26-5-6-26/h7,10,13-18,25-26,42H,5-6,8-9,11-12,19-21H2,1-2H3,(H,32,33,36,37). The van der Waals surface area contributed by atoms with Crippen LogP contribution in [-0.4, -0.2) is 97.4 Å². The second-order valence-corrected chi connectivity index (χ2v) is 14.7. The Labute approximate surface area is 262 Å². The predicted octanol–water partition coefficient (Wildman–Crippen LogP) is 2.50. The summed E-state index contributed by atoms with van der Waals surface area (Å²) in [7, 11) is -1.38. The smallest absolute Gasteiger partial charge is 0.256 e. The van der Waals surface area contributed by atoms with Gasteiger partial charge in [0, 0.05) is 57.4 Å². The van der Waals surface area contributed by atoms with Gasteiger partial charge in [0.25, 0.3) is 10.0 Å². The number of hydrogen-bond acceptors (Lipinski definition) is 11. The van der Waals surface area contributed by atoms with E-state index in [9.17, 15) is 13.5 Å². The number of anilines is 3. The molecule has 2 aliphatic heterocycles. The summed E-state index contributed by atoms with van der Waals surface area (Å²) in [5, 5.41) is 21.4. The molecular formula is C31H36N10O3S. The van der Waals surface area contributed by atoms with Gasteiger partial charge in [0.1, 0.15) is 11.6 Å². The van der Waals surface area contributed by atoms with E-state index in [1.165, 1.54) is 12.4 Å². The van der Waals surface area contributed by atoms with Crippen LogP contribution >= 0.6 is 0 Å². The van der Waals surface area contributed by atoms with Gasteiger partial charge in [0.05, 0.1) is 52.3 Å². The molecule has 2 N–H and O–H groups in total. The molecule has 2 saturated heterocycles. The number of aliphatic hydroxyl groups is 1. The number of piperidine rings is 1. The Morgan fingerprint density at radius 2 is 1.84 bits per heavy atom. The maximum Gasteiger partial charge on any atom is 0.256 e. The first-order valence-electron chi connectivity index (χ1n) is 15.2. The molecule has 1 saturated carbocycles. The van der Waals surface area contributed by atoms with E-state index >= 15 is 0 Å². The van der Waals surface area contributed by atoms with Gasteiger partial charge in [-0.05, 0) is 44.2 Å². The van der Waals surface area contributed by atoms with E-state index in [1.54, 1.807) is 24.7 Å². The molecule has 4 aromatic rings. The van der Waals surface area contributed by atoms with Crippen LogP contribution in [0.5, 0.6) is 0 Å². The minimum Gasteiger partial charge on any atom is -0.396 e. The average Bonchev–Trinajstić information content (AvgIpc) is 3.59. The van der Waals surface area contributed by atoms with Crippen molar-refractivity contribution in [1.82, 2.24) is 38.8 Å². The lowest BCUT2D eigenvalue weighted by Gasteiger charge is -2.39. The normalized spacial score (nSPS) is 18.7. The largest absolute Gasteiger partial charge is 0.396 e. The van der Waals surface area contributed by atoms with Gasteiger partial charge >= 0.3 is 0 Å². The summed E-state index contributed by atoms with van der Waals surface area (Å²) in [5.41, 5.74) is 3.02. The first-order valence-corrected chi connectivity index (χ1v) is 16.7. The minimum absolute atomic E-state index is 0.0935. The first-order chi connectivity index (χ1) is 21.7. The minimum atomic E-state index is -3.48. The highest BCUT2D eigenvalue weighted by molar-refractivity contribution is 7.90. The SMILES string of the molecule is CN1CC(n2cc(C#Cc3cnc(Nc4ccnc(-c5cnn(S(=O)(=O)C6CC6)c5)n4)cc3N3CCC(C)(CO)CC3)cn2)C1. The van der Waals surface area contributed by atoms with E-state index in [4.69, 9.17) is 0 Å². The van der Waals surface area contributed by atoms with E-state index < -0.39 is 10.0 Å². The summed E-state index contributed by atoms with van der Waals surface area (Å²) >= 11 is 0. The third-order valence-electron chi connectivity index (χ3n) is 8.87. The van der Waals surface area contributed by atoms with E-state index in [-0.39, 0.29) is 17.3 Å². The fraction of sp³-hybridized carbons (Fsp3) is 0.452. The van der Waals surface area contributed by atoms with Crippen LogP contribution in [0.1, 0.15) is 49.8 Å². The molecule has 14 heteroatoms. The summed E-state index contributed by atoms with van der Waals surface area (Å²) in [4.78, 5) is 18.1. The molecule has 4 aromatic heterocycles. The average molecular weight is 629 g/mol. The molecule has 0 bridgehead atoms. The maximum absolute atomic E-state index is 12.6. The molecular weight excluding hydrogens is 592 g/mol. The van der Waals surface area contributed by atoms with Gasteiger partial charge in [0.15, 0.2) is 5.82 Å². The Morgan fingerprint density at radius 1 is 1.04 bits per heavy atom. The molecule has 1 aliphatic carbocycles. The molecule has 3 fully saturated rings. The van der Waals surface area contributed by atoms with Gasteiger partial charge in [-0.25, -0.2) is 23.4 Å². The first kappa shape index (κ1) is 29.4. The molecule has 0 aromatic carbocycles. The molecule has 0 amide bonds. The van der Waals surface area contributed by atoms with Gasteiger partial charge in [-0.15, -0.1) is 0 Å². The van der Waals surface area contributed by atoms with E-state index in [0.717, 1.165) is 59.9 Å². The number of nitrogens with zero attached hydrogens (tertiary/aromatic N) is 9. The summed E-state index contributed by atoms with van der Waals surface area (Å²) in [5.74, 6) is 8.06. The van der Waals surface area contributed by atoms with Gasteiger partial charge < -0.3 is 20.2 Å². The Bertz CT molecular complexity index is 1870. The summed E-state index contributed by atoms with van der Waals surface area (Å²) in [6, 6.07) is 4.09. The van der Waals surface area contributed by atoms with Crippen LogP contribution in [0.2, 0.25) is 0 Å². The van der Waals surface area contributed by atoms with Gasteiger partial charge in [-0.2, -0.15) is 14.3 Å². The molecule has 6 heterocycles. The monoisotopic (exact) mass is 628 g/mol. The van der Waals surface area contributed by atoms with E-state index in [2.05, 4.69) is 66.1 Å².